The van der Waals surface area contributed by atoms with Gasteiger partial charge >= 0.3 is 6.03 Å². The predicted octanol–water partition coefficient (Wildman–Crippen LogP) is 3.77. The molecule has 2 aromatic rings. The van der Waals surface area contributed by atoms with Crippen LogP contribution in [0.15, 0.2) is 34.1 Å². The number of hydrazine groups is 1. The molecule has 1 aliphatic carbocycles. The Morgan fingerprint density at radius 1 is 1.29 bits per heavy atom. The highest BCUT2D eigenvalue weighted by Gasteiger charge is 2.29. The molecule has 0 spiro atoms. The van der Waals surface area contributed by atoms with Crippen molar-refractivity contribution < 1.29 is 19.1 Å². The lowest BCUT2D eigenvalue weighted by atomic mass is 10.1. The van der Waals surface area contributed by atoms with Crippen LogP contribution in [0.2, 0.25) is 0 Å². The second kappa shape index (κ2) is 9.37. The average Bonchev–Trinajstić information content (AvgIpc) is 3.45. The Kier molecular flexibility index (Phi) is 6.59. The van der Waals surface area contributed by atoms with Crippen molar-refractivity contribution in [1.82, 2.24) is 10.4 Å². The Balaban J connectivity index is 1.44. The van der Waals surface area contributed by atoms with Gasteiger partial charge < -0.3 is 15.0 Å². The topological polar surface area (TPSA) is 91.0 Å². The van der Waals surface area contributed by atoms with Gasteiger partial charge in [0.1, 0.15) is 6.61 Å². The van der Waals surface area contributed by atoms with Gasteiger partial charge in [0.2, 0.25) is 0 Å². The highest BCUT2D eigenvalue weighted by Crippen LogP contribution is 2.30. The number of urea groups is 1. The second-order valence-corrected chi connectivity index (χ2v) is 10.1. The molecule has 8 nitrogen and oxygen atoms in total. The van der Waals surface area contributed by atoms with Crippen molar-refractivity contribution in [3.63, 3.8) is 0 Å². The fourth-order valence-electron chi connectivity index (χ4n) is 3.35. The molecule has 1 aliphatic heterocycles. The lowest BCUT2D eigenvalue weighted by Crippen LogP contribution is -2.49. The van der Waals surface area contributed by atoms with Crippen LogP contribution in [0.25, 0.3) is 0 Å². The van der Waals surface area contributed by atoms with Gasteiger partial charge in [0.25, 0.3) is 11.8 Å². The Bertz CT molecular complexity index is 1010. The number of carbonyl (C=O) groups excluding carboxylic acids is 3. The molecule has 1 saturated carbocycles. The Labute approximate surface area is 192 Å². The number of nitrogens with one attached hydrogen (secondary N) is 2. The number of ether oxygens (including phenoxy) is 1. The number of carbonyl (C=O) groups is 3. The molecule has 1 aromatic carbocycles. The van der Waals surface area contributed by atoms with E-state index < -0.39 is 6.03 Å². The van der Waals surface area contributed by atoms with Crippen molar-refractivity contribution in [1.29, 1.82) is 0 Å². The highest BCUT2D eigenvalue weighted by molar-refractivity contribution is 9.11. The van der Waals surface area contributed by atoms with Crippen molar-refractivity contribution >= 4 is 56.5 Å². The average molecular weight is 507 g/mol. The molecule has 2 N–H and O–H groups in total. The van der Waals surface area contributed by atoms with E-state index in [4.69, 9.17) is 4.74 Å². The lowest BCUT2D eigenvalue weighted by Gasteiger charge is -2.28. The fraction of sp³-hybridized carbons (Fsp3) is 0.381. The molecule has 0 bridgehead atoms. The number of rotatable bonds is 5. The summed E-state index contributed by atoms with van der Waals surface area (Å²) < 4.78 is 6.04. The summed E-state index contributed by atoms with van der Waals surface area (Å²) >= 11 is 4.66. The molecule has 2 heterocycles. The number of morpholine rings is 1. The monoisotopic (exact) mass is 506 g/mol. The first-order chi connectivity index (χ1) is 14.9. The number of anilines is 2. The van der Waals surface area contributed by atoms with Crippen LogP contribution in [0, 0.1) is 12.8 Å². The summed E-state index contributed by atoms with van der Waals surface area (Å²) in [7, 11) is 0. The zero-order valence-electron chi connectivity index (χ0n) is 17.0. The number of benzene rings is 1. The van der Waals surface area contributed by atoms with Crippen molar-refractivity contribution in [3.05, 3.63) is 44.6 Å². The van der Waals surface area contributed by atoms with Crippen LogP contribution >= 0.6 is 27.3 Å². The maximum absolute atomic E-state index is 12.9. The van der Waals surface area contributed by atoms with Crippen LogP contribution in [-0.4, -0.2) is 49.2 Å². The summed E-state index contributed by atoms with van der Waals surface area (Å²) in [6.45, 7) is 3.44. The molecule has 1 saturated heterocycles. The molecular formula is C21H23BrN4O4S. The standard InChI is InChI=1S/C21H23BrN4O4S/c1-13-10-15(4-5-16(13)25-8-9-30-12-19(25)27)23-21(29)26(11-14-2-3-14)24-20(28)17-6-7-18(22)31-17/h4-7,10,14H,2-3,8-9,11-12H2,1H3,(H,23,29)(H,24,28). The van der Waals surface area contributed by atoms with Gasteiger partial charge in [-0.25, -0.2) is 9.80 Å². The summed E-state index contributed by atoms with van der Waals surface area (Å²) in [6.07, 6.45) is 2.09. The summed E-state index contributed by atoms with van der Waals surface area (Å²) in [4.78, 5) is 39.8. The minimum atomic E-state index is -0.398. The number of aryl methyl sites for hydroxylation is 1. The number of hydrogen-bond donors (Lipinski definition) is 2. The third-order valence-electron chi connectivity index (χ3n) is 5.14. The Hall–Kier alpha value is -2.43. The zero-order valence-corrected chi connectivity index (χ0v) is 19.4. The SMILES string of the molecule is Cc1cc(NC(=O)N(CC2CC2)NC(=O)c2ccc(Br)s2)ccc1N1CCOCC1=O. The quantitative estimate of drug-likeness (QED) is 0.603. The van der Waals surface area contributed by atoms with Crippen molar-refractivity contribution in [3.8, 4) is 0 Å². The Morgan fingerprint density at radius 3 is 2.74 bits per heavy atom. The van der Waals surface area contributed by atoms with Gasteiger partial charge in [0, 0.05) is 24.5 Å². The maximum Gasteiger partial charge on any atom is 0.340 e. The molecule has 4 amide bonds. The number of nitrogens with zero attached hydrogens (tertiary/aromatic N) is 2. The minimum Gasteiger partial charge on any atom is -0.370 e. The van der Waals surface area contributed by atoms with Crippen molar-refractivity contribution in [2.45, 2.75) is 19.8 Å². The molecule has 31 heavy (non-hydrogen) atoms. The third kappa shape index (κ3) is 5.44. The van der Waals surface area contributed by atoms with E-state index in [0.717, 1.165) is 27.9 Å². The molecule has 0 unspecified atom stereocenters. The van der Waals surface area contributed by atoms with Crippen LogP contribution in [0.5, 0.6) is 0 Å². The second-order valence-electron chi connectivity index (χ2n) is 7.63. The largest absolute Gasteiger partial charge is 0.370 e. The molecule has 10 heteroatoms. The van der Waals surface area contributed by atoms with E-state index in [-0.39, 0.29) is 18.4 Å². The first-order valence-electron chi connectivity index (χ1n) is 10.0. The predicted molar refractivity (Wildman–Crippen MR) is 122 cm³/mol. The van der Waals surface area contributed by atoms with Gasteiger partial charge in [0.15, 0.2) is 0 Å². The molecule has 0 radical (unpaired) electrons. The maximum atomic E-state index is 12.9. The van der Waals surface area contributed by atoms with Gasteiger partial charge in [-0.05, 0) is 77.5 Å². The van der Waals surface area contributed by atoms with Crippen molar-refractivity contribution in [2.75, 3.05) is 36.5 Å². The van der Waals surface area contributed by atoms with Gasteiger partial charge in [0.05, 0.1) is 15.3 Å². The first-order valence-corrected chi connectivity index (χ1v) is 11.7. The number of halogens is 1. The molecule has 164 valence electrons. The summed E-state index contributed by atoms with van der Waals surface area (Å²) in [5.74, 6) is 0.00564. The van der Waals surface area contributed by atoms with Gasteiger partial charge in [-0.15, -0.1) is 11.3 Å². The number of thiophene rings is 1. The van der Waals surface area contributed by atoms with E-state index in [9.17, 15) is 14.4 Å². The number of amides is 4. The third-order valence-corrected chi connectivity index (χ3v) is 6.76. The molecule has 4 rings (SSSR count). The van der Waals surface area contributed by atoms with E-state index in [0.29, 0.717) is 36.2 Å². The van der Waals surface area contributed by atoms with E-state index in [1.54, 1.807) is 23.1 Å². The fourth-order valence-corrected chi connectivity index (χ4v) is 4.63. The van der Waals surface area contributed by atoms with E-state index in [1.807, 2.05) is 19.1 Å². The van der Waals surface area contributed by atoms with Crippen LogP contribution in [0.3, 0.4) is 0 Å². The van der Waals surface area contributed by atoms with E-state index >= 15 is 0 Å². The lowest BCUT2D eigenvalue weighted by molar-refractivity contribution is -0.125. The minimum absolute atomic E-state index is 0.0779. The number of hydrogen-bond acceptors (Lipinski definition) is 5. The van der Waals surface area contributed by atoms with Crippen LogP contribution in [0.1, 0.15) is 28.1 Å². The molecule has 1 aromatic heterocycles. The highest BCUT2D eigenvalue weighted by atomic mass is 79.9. The van der Waals surface area contributed by atoms with Gasteiger partial charge in [-0.3, -0.25) is 15.0 Å². The normalized spacial score (nSPS) is 16.2. The molecule has 0 atom stereocenters. The van der Waals surface area contributed by atoms with E-state index in [1.165, 1.54) is 16.3 Å². The van der Waals surface area contributed by atoms with Gasteiger partial charge in [-0.1, -0.05) is 0 Å². The molecular weight excluding hydrogens is 484 g/mol. The molecule has 2 fully saturated rings. The van der Waals surface area contributed by atoms with E-state index in [2.05, 4.69) is 26.7 Å². The first kappa shape index (κ1) is 21.8. The van der Waals surface area contributed by atoms with Crippen LogP contribution in [0.4, 0.5) is 16.2 Å². The summed E-state index contributed by atoms with van der Waals surface area (Å²) in [5.41, 5.74) is 5.00. The zero-order chi connectivity index (χ0) is 22.0. The smallest absolute Gasteiger partial charge is 0.340 e. The Morgan fingerprint density at radius 2 is 2.10 bits per heavy atom. The van der Waals surface area contributed by atoms with Crippen molar-refractivity contribution in [2.24, 2.45) is 5.92 Å². The van der Waals surface area contributed by atoms with Crippen LogP contribution in [-0.2, 0) is 9.53 Å². The summed E-state index contributed by atoms with van der Waals surface area (Å²) in [6, 6.07) is 8.52. The molecule has 2 aliphatic rings. The summed E-state index contributed by atoms with van der Waals surface area (Å²) in [5, 5.41) is 4.21. The van der Waals surface area contributed by atoms with Gasteiger partial charge in [-0.2, -0.15) is 0 Å². The van der Waals surface area contributed by atoms with Crippen LogP contribution < -0.4 is 15.6 Å².